The smallest absolute Gasteiger partial charge is 0.257 e. The number of carbonyl (C=O) groups excluding carboxylic acids is 1. The zero-order chi connectivity index (χ0) is 16.1. The lowest BCUT2D eigenvalue weighted by molar-refractivity contribution is 0.102. The van der Waals surface area contributed by atoms with E-state index in [9.17, 15) is 9.90 Å². The Morgan fingerprint density at radius 3 is 2.48 bits per heavy atom. The van der Waals surface area contributed by atoms with Gasteiger partial charge in [-0.2, -0.15) is 0 Å². The van der Waals surface area contributed by atoms with Gasteiger partial charge in [-0.05, 0) is 35.7 Å². The second kappa shape index (κ2) is 6.75. The highest BCUT2D eigenvalue weighted by Crippen LogP contribution is 2.21. The molecule has 0 atom stereocenters. The average molecular weight is 304 g/mol. The van der Waals surface area contributed by atoms with Gasteiger partial charge in [0.2, 0.25) is 0 Å². The molecule has 1 heterocycles. The van der Waals surface area contributed by atoms with Crippen LogP contribution >= 0.6 is 0 Å². The Morgan fingerprint density at radius 2 is 1.70 bits per heavy atom. The molecule has 0 fully saturated rings. The van der Waals surface area contributed by atoms with E-state index in [-0.39, 0.29) is 17.5 Å². The number of carbonyl (C=O) groups is 1. The van der Waals surface area contributed by atoms with Crippen LogP contribution in [0.15, 0.2) is 72.9 Å². The van der Waals surface area contributed by atoms with Crippen molar-refractivity contribution in [3.8, 4) is 5.75 Å². The summed E-state index contributed by atoms with van der Waals surface area (Å²) in [6, 6.07) is 20.5. The van der Waals surface area contributed by atoms with Crippen molar-refractivity contribution in [2.45, 2.75) is 6.42 Å². The predicted octanol–water partition coefficient (Wildman–Crippen LogP) is 3.63. The van der Waals surface area contributed by atoms with E-state index in [1.807, 2.05) is 48.5 Å². The first-order valence-corrected chi connectivity index (χ1v) is 7.31. The van der Waals surface area contributed by atoms with Gasteiger partial charge in [0.15, 0.2) is 11.6 Å². The topological polar surface area (TPSA) is 62.2 Å². The Labute approximate surface area is 134 Å². The van der Waals surface area contributed by atoms with Crippen LogP contribution in [0.1, 0.15) is 21.5 Å². The highest BCUT2D eigenvalue weighted by Gasteiger charge is 2.13. The van der Waals surface area contributed by atoms with Gasteiger partial charge in [0, 0.05) is 11.8 Å². The molecule has 0 radical (unpaired) electrons. The fourth-order valence-electron chi connectivity index (χ4n) is 2.38. The van der Waals surface area contributed by atoms with E-state index in [4.69, 9.17) is 0 Å². The van der Waals surface area contributed by atoms with Crippen LogP contribution in [0.25, 0.3) is 0 Å². The minimum absolute atomic E-state index is 0.0543. The third-order valence-electron chi connectivity index (χ3n) is 3.52. The molecule has 1 amide bonds. The van der Waals surface area contributed by atoms with Gasteiger partial charge in [0.05, 0.1) is 0 Å². The molecule has 0 aliphatic carbocycles. The van der Waals surface area contributed by atoms with Crippen molar-refractivity contribution in [2.75, 3.05) is 5.32 Å². The minimum atomic E-state index is -0.287. The molecule has 0 aliphatic rings. The molecule has 0 spiro atoms. The molecular formula is C19H16N2O2. The molecule has 4 nitrogen and oxygen atoms in total. The predicted molar refractivity (Wildman–Crippen MR) is 89.5 cm³/mol. The molecule has 3 rings (SSSR count). The largest absolute Gasteiger partial charge is 0.504 e. The number of aromatic hydroxyl groups is 1. The number of anilines is 1. The fraction of sp³-hybridized carbons (Fsp3) is 0.0526. The van der Waals surface area contributed by atoms with Crippen LogP contribution in [0.4, 0.5) is 5.82 Å². The van der Waals surface area contributed by atoms with Crippen molar-refractivity contribution in [1.82, 2.24) is 4.98 Å². The van der Waals surface area contributed by atoms with Crippen molar-refractivity contribution in [2.24, 2.45) is 0 Å². The summed E-state index contributed by atoms with van der Waals surface area (Å²) in [5, 5.41) is 12.4. The number of hydrogen-bond acceptors (Lipinski definition) is 3. The molecule has 0 aliphatic heterocycles. The molecule has 0 saturated carbocycles. The number of pyridine rings is 1. The number of rotatable bonds is 4. The Kier molecular flexibility index (Phi) is 4.34. The molecule has 0 unspecified atom stereocenters. The Morgan fingerprint density at radius 1 is 0.957 bits per heavy atom. The lowest BCUT2D eigenvalue weighted by Gasteiger charge is -2.10. The van der Waals surface area contributed by atoms with Crippen molar-refractivity contribution >= 4 is 11.7 Å². The van der Waals surface area contributed by atoms with E-state index in [0.717, 1.165) is 11.1 Å². The highest BCUT2D eigenvalue weighted by atomic mass is 16.3. The van der Waals surface area contributed by atoms with Crippen molar-refractivity contribution in [1.29, 1.82) is 0 Å². The number of benzene rings is 2. The summed E-state index contributed by atoms with van der Waals surface area (Å²) >= 11 is 0. The number of nitrogens with zero attached hydrogens (tertiary/aromatic N) is 1. The zero-order valence-electron chi connectivity index (χ0n) is 12.4. The van der Waals surface area contributed by atoms with E-state index >= 15 is 0 Å². The maximum absolute atomic E-state index is 12.5. The van der Waals surface area contributed by atoms with Crippen molar-refractivity contribution in [3.05, 3.63) is 89.6 Å². The molecule has 23 heavy (non-hydrogen) atoms. The van der Waals surface area contributed by atoms with E-state index in [1.54, 1.807) is 12.1 Å². The van der Waals surface area contributed by atoms with Crippen LogP contribution < -0.4 is 5.32 Å². The fourth-order valence-corrected chi connectivity index (χ4v) is 2.38. The van der Waals surface area contributed by atoms with Crippen molar-refractivity contribution in [3.63, 3.8) is 0 Å². The summed E-state index contributed by atoms with van der Waals surface area (Å²) in [5.74, 6) is -0.182. The number of amides is 1. The summed E-state index contributed by atoms with van der Waals surface area (Å²) in [6.45, 7) is 0. The van der Waals surface area contributed by atoms with Gasteiger partial charge in [-0.3, -0.25) is 4.79 Å². The number of hydrogen-bond donors (Lipinski definition) is 2. The van der Waals surface area contributed by atoms with Gasteiger partial charge in [0.1, 0.15) is 0 Å². The Balaban J connectivity index is 1.85. The molecular weight excluding hydrogens is 288 g/mol. The van der Waals surface area contributed by atoms with Gasteiger partial charge in [0.25, 0.3) is 5.91 Å². The van der Waals surface area contributed by atoms with Crippen LogP contribution in [-0.2, 0) is 6.42 Å². The SMILES string of the molecule is O=C(Nc1ncccc1O)c1ccccc1Cc1ccccc1. The Bertz CT molecular complexity index is 816. The van der Waals surface area contributed by atoms with Crippen LogP contribution in [-0.4, -0.2) is 16.0 Å². The number of aromatic nitrogens is 1. The normalized spacial score (nSPS) is 10.3. The third kappa shape index (κ3) is 3.55. The summed E-state index contributed by atoms with van der Waals surface area (Å²) in [6.07, 6.45) is 2.18. The molecule has 2 N–H and O–H groups in total. The molecule has 0 bridgehead atoms. The average Bonchev–Trinajstić information content (AvgIpc) is 2.58. The molecule has 4 heteroatoms. The van der Waals surface area contributed by atoms with Crippen LogP contribution in [0, 0.1) is 0 Å². The van der Waals surface area contributed by atoms with Crippen LogP contribution in [0.3, 0.4) is 0 Å². The third-order valence-corrected chi connectivity index (χ3v) is 3.52. The first kappa shape index (κ1) is 14.8. The van der Waals surface area contributed by atoms with Crippen molar-refractivity contribution < 1.29 is 9.90 Å². The quantitative estimate of drug-likeness (QED) is 0.773. The summed E-state index contributed by atoms with van der Waals surface area (Å²) in [4.78, 5) is 16.5. The van der Waals surface area contributed by atoms with E-state index in [2.05, 4.69) is 10.3 Å². The second-order valence-electron chi connectivity index (χ2n) is 5.14. The lowest BCUT2D eigenvalue weighted by Crippen LogP contribution is -2.15. The molecule has 3 aromatic rings. The van der Waals surface area contributed by atoms with Gasteiger partial charge < -0.3 is 10.4 Å². The zero-order valence-corrected chi connectivity index (χ0v) is 12.4. The number of nitrogens with one attached hydrogen (secondary N) is 1. The first-order chi connectivity index (χ1) is 11.2. The van der Waals surface area contributed by atoms with Gasteiger partial charge in [-0.15, -0.1) is 0 Å². The molecule has 2 aromatic carbocycles. The maximum atomic E-state index is 12.5. The van der Waals surface area contributed by atoms with Crippen LogP contribution in [0.2, 0.25) is 0 Å². The van der Waals surface area contributed by atoms with Crippen LogP contribution in [0.5, 0.6) is 5.75 Å². The summed E-state index contributed by atoms with van der Waals surface area (Å²) < 4.78 is 0. The highest BCUT2D eigenvalue weighted by molar-refractivity contribution is 6.05. The molecule has 0 saturated heterocycles. The standard InChI is InChI=1S/C19H16N2O2/c22-17-11-6-12-20-18(17)21-19(23)16-10-5-4-9-15(16)13-14-7-2-1-3-8-14/h1-12,22H,13H2,(H,20,21,23). The van der Waals surface area contributed by atoms with E-state index < -0.39 is 0 Å². The van der Waals surface area contributed by atoms with E-state index in [0.29, 0.717) is 12.0 Å². The van der Waals surface area contributed by atoms with Gasteiger partial charge in [-0.1, -0.05) is 48.5 Å². The first-order valence-electron chi connectivity index (χ1n) is 7.31. The molecule has 114 valence electrons. The minimum Gasteiger partial charge on any atom is -0.504 e. The monoisotopic (exact) mass is 304 g/mol. The Hall–Kier alpha value is -3.14. The van der Waals surface area contributed by atoms with E-state index in [1.165, 1.54) is 12.3 Å². The molecule has 1 aromatic heterocycles. The van der Waals surface area contributed by atoms with Gasteiger partial charge >= 0.3 is 0 Å². The summed E-state index contributed by atoms with van der Waals surface area (Å²) in [5.41, 5.74) is 2.63. The second-order valence-corrected chi connectivity index (χ2v) is 5.14. The maximum Gasteiger partial charge on any atom is 0.257 e. The lowest BCUT2D eigenvalue weighted by atomic mass is 9.99. The summed E-state index contributed by atoms with van der Waals surface area (Å²) in [7, 11) is 0. The van der Waals surface area contributed by atoms with Gasteiger partial charge in [-0.25, -0.2) is 4.98 Å².